The first-order valence-corrected chi connectivity index (χ1v) is 6.73. The Hall–Kier alpha value is -2.00. The summed E-state index contributed by atoms with van der Waals surface area (Å²) in [6, 6.07) is 5.83. The lowest BCUT2D eigenvalue weighted by Gasteiger charge is -2.01. The summed E-state index contributed by atoms with van der Waals surface area (Å²) in [4.78, 5) is 8.68. The van der Waals surface area contributed by atoms with E-state index in [1.165, 1.54) is 11.8 Å². The Morgan fingerprint density at radius 2 is 2.44 bits per heavy atom. The number of amidine groups is 1. The Morgan fingerprint density at radius 3 is 3.11 bits per heavy atom. The van der Waals surface area contributed by atoms with Crippen molar-refractivity contribution in [1.82, 2.24) is 14.9 Å². The van der Waals surface area contributed by atoms with Crippen LogP contribution in [0.5, 0.6) is 0 Å². The van der Waals surface area contributed by atoms with Crippen LogP contribution in [0.4, 0.5) is 5.69 Å². The van der Waals surface area contributed by atoms with Gasteiger partial charge in [0.2, 0.25) is 0 Å². The minimum Gasteiger partial charge on any atom is -0.331 e. The highest BCUT2D eigenvalue weighted by Crippen LogP contribution is 2.21. The van der Waals surface area contributed by atoms with Crippen LogP contribution in [0.2, 0.25) is 0 Å². The van der Waals surface area contributed by atoms with Gasteiger partial charge in [0.1, 0.15) is 0 Å². The van der Waals surface area contributed by atoms with Crippen molar-refractivity contribution in [3.8, 4) is 6.19 Å². The van der Waals surface area contributed by atoms with Crippen LogP contribution in [0, 0.1) is 11.5 Å². The zero-order valence-corrected chi connectivity index (χ0v) is 11.0. The van der Waals surface area contributed by atoms with E-state index in [-0.39, 0.29) is 0 Å². The van der Waals surface area contributed by atoms with E-state index in [0.717, 1.165) is 23.3 Å². The van der Waals surface area contributed by atoms with Gasteiger partial charge in [0.25, 0.3) is 0 Å². The number of nitriles is 1. The predicted octanol–water partition coefficient (Wildman–Crippen LogP) is 2.48. The number of benzene rings is 1. The number of nitrogens with one attached hydrogen (secondary N) is 1. The van der Waals surface area contributed by atoms with Crippen molar-refractivity contribution >= 4 is 33.7 Å². The van der Waals surface area contributed by atoms with Crippen LogP contribution in [0.15, 0.2) is 29.5 Å². The van der Waals surface area contributed by atoms with Gasteiger partial charge in [-0.25, -0.2) is 9.98 Å². The smallest absolute Gasteiger partial charge is 0.183 e. The second-order valence-electron chi connectivity index (χ2n) is 3.56. The van der Waals surface area contributed by atoms with Crippen LogP contribution >= 0.6 is 11.8 Å². The molecule has 0 saturated heterocycles. The van der Waals surface area contributed by atoms with E-state index in [0.29, 0.717) is 5.17 Å². The van der Waals surface area contributed by atoms with Gasteiger partial charge in [-0.3, -0.25) is 5.32 Å². The highest BCUT2D eigenvalue weighted by molar-refractivity contribution is 8.13. The van der Waals surface area contributed by atoms with Gasteiger partial charge in [-0.1, -0.05) is 11.8 Å². The maximum atomic E-state index is 8.58. The summed E-state index contributed by atoms with van der Waals surface area (Å²) < 4.78 is 2.08. The fourth-order valence-electron chi connectivity index (χ4n) is 1.66. The molecule has 0 aliphatic rings. The van der Waals surface area contributed by atoms with Gasteiger partial charge >= 0.3 is 0 Å². The molecular formula is C12H13N5S. The molecule has 0 aliphatic carbocycles. The summed E-state index contributed by atoms with van der Waals surface area (Å²) in [7, 11) is 0. The van der Waals surface area contributed by atoms with E-state index in [4.69, 9.17) is 5.26 Å². The summed E-state index contributed by atoms with van der Waals surface area (Å²) >= 11 is 1.40. The number of aromatic nitrogens is 2. The Morgan fingerprint density at radius 1 is 1.61 bits per heavy atom. The fraction of sp³-hybridized carbons (Fsp3) is 0.250. The van der Waals surface area contributed by atoms with E-state index in [1.54, 1.807) is 0 Å². The van der Waals surface area contributed by atoms with Crippen molar-refractivity contribution in [2.75, 3.05) is 6.26 Å². The average molecular weight is 259 g/mol. The molecule has 2 rings (SSSR count). The lowest BCUT2D eigenvalue weighted by Crippen LogP contribution is -2.12. The topological polar surface area (TPSA) is 66.0 Å². The van der Waals surface area contributed by atoms with Gasteiger partial charge < -0.3 is 4.57 Å². The number of imidazole rings is 1. The maximum Gasteiger partial charge on any atom is 0.183 e. The SMILES string of the molecule is CCn1cnc2cc(N=C(NC#N)SC)ccc21. The van der Waals surface area contributed by atoms with Crippen molar-refractivity contribution in [3.05, 3.63) is 24.5 Å². The van der Waals surface area contributed by atoms with Crippen LogP contribution in [-0.4, -0.2) is 21.0 Å². The zero-order chi connectivity index (χ0) is 13.0. The molecule has 0 saturated carbocycles. The Bertz CT molecular complexity index is 623. The molecular weight excluding hydrogens is 246 g/mol. The van der Waals surface area contributed by atoms with E-state index < -0.39 is 0 Å². The van der Waals surface area contributed by atoms with Crippen molar-refractivity contribution in [2.45, 2.75) is 13.5 Å². The van der Waals surface area contributed by atoms with Gasteiger partial charge in [-0.2, -0.15) is 5.26 Å². The first-order chi connectivity index (χ1) is 8.78. The monoisotopic (exact) mass is 259 g/mol. The quantitative estimate of drug-likeness (QED) is 0.389. The molecule has 1 N–H and O–H groups in total. The van der Waals surface area contributed by atoms with Gasteiger partial charge in [-0.05, 0) is 31.4 Å². The second kappa shape index (κ2) is 5.56. The van der Waals surface area contributed by atoms with E-state index >= 15 is 0 Å². The molecule has 5 nitrogen and oxygen atoms in total. The molecule has 18 heavy (non-hydrogen) atoms. The van der Waals surface area contributed by atoms with Crippen LogP contribution in [0.1, 0.15) is 6.92 Å². The zero-order valence-electron chi connectivity index (χ0n) is 10.2. The third-order valence-corrected chi connectivity index (χ3v) is 3.11. The number of rotatable bonds is 2. The van der Waals surface area contributed by atoms with Gasteiger partial charge in [-0.15, -0.1) is 0 Å². The molecule has 6 heteroatoms. The first-order valence-electron chi connectivity index (χ1n) is 5.51. The molecule has 0 radical (unpaired) electrons. The Balaban J connectivity index is 2.39. The number of hydrogen-bond donors (Lipinski definition) is 1. The van der Waals surface area contributed by atoms with Crippen molar-refractivity contribution < 1.29 is 0 Å². The molecule has 0 fully saturated rings. The van der Waals surface area contributed by atoms with Crippen molar-refractivity contribution in [3.63, 3.8) is 0 Å². The van der Waals surface area contributed by atoms with Crippen molar-refractivity contribution in [2.24, 2.45) is 4.99 Å². The third-order valence-electron chi connectivity index (χ3n) is 2.53. The number of thioether (sulfide) groups is 1. The van der Waals surface area contributed by atoms with E-state index in [1.807, 2.05) is 37.0 Å². The second-order valence-corrected chi connectivity index (χ2v) is 4.36. The standard InChI is InChI=1S/C12H13N5S/c1-3-17-8-15-10-6-9(4-5-11(10)17)16-12(18-2)14-7-13/h4-6,8H,3H2,1-2H3,(H,14,16). The number of nitrogens with zero attached hydrogens (tertiary/aromatic N) is 4. The fourth-order valence-corrected chi connectivity index (χ4v) is 2.01. The van der Waals surface area contributed by atoms with Gasteiger partial charge in [0.05, 0.1) is 23.0 Å². The van der Waals surface area contributed by atoms with Gasteiger partial charge in [0, 0.05) is 6.54 Å². The number of fused-ring (bicyclic) bond motifs is 1. The molecule has 92 valence electrons. The molecule has 0 aliphatic heterocycles. The predicted molar refractivity (Wildman–Crippen MR) is 74.8 cm³/mol. The first kappa shape index (κ1) is 12.5. The highest BCUT2D eigenvalue weighted by atomic mass is 32.2. The van der Waals surface area contributed by atoms with Crippen LogP contribution < -0.4 is 5.32 Å². The Labute approximate surface area is 110 Å². The summed E-state index contributed by atoms with van der Waals surface area (Å²) in [5.41, 5.74) is 2.79. The van der Waals surface area contributed by atoms with Gasteiger partial charge in [0.15, 0.2) is 11.4 Å². The molecule has 0 spiro atoms. The summed E-state index contributed by atoms with van der Waals surface area (Å²) in [5.74, 6) is 0. The summed E-state index contributed by atoms with van der Waals surface area (Å²) in [5, 5.41) is 11.7. The number of aryl methyl sites for hydroxylation is 1. The molecule has 0 bridgehead atoms. The molecule has 1 aromatic carbocycles. The molecule has 0 amide bonds. The molecule has 0 unspecified atom stereocenters. The summed E-state index contributed by atoms with van der Waals surface area (Å²) in [6.07, 6.45) is 5.56. The Kier molecular flexibility index (Phi) is 3.85. The number of aliphatic imine (C=N–C) groups is 1. The summed E-state index contributed by atoms with van der Waals surface area (Å²) in [6.45, 7) is 2.97. The normalized spacial score (nSPS) is 11.5. The van der Waals surface area contributed by atoms with Crippen LogP contribution in [0.25, 0.3) is 11.0 Å². The van der Waals surface area contributed by atoms with Crippen LogP contribution in [0.3, 0.4) is 0 Å². The highest BCUT2D eigenvalue weighted by Gasteiger charge is 2.03. The maximum absolute atomic E-state index is 8.58. The van der Waals surface area contributed by atoms with E-state index in [9.17, 15) is 0 Å². The molecule has 2 aromatic rings. The molecule has 0 atom stereocenters. The molecule has 1 aromatic heterocycles. The third kappa shape index (κ3) is 2.46. The van der Waals surface area contributed by atoms with Crippen molar-refractivity contribution in [1.29, 1.82) is 5.26 Å². The lowest BCUT2D eigenvalue weighted by atomic mass is 10.3. The molecule has 1 heterocycles. The van der Waals surface area contributed by atoms with E-state index in [2.05, 4.69) is 26.8 Å². The lowest BCUT2D eigenvalue weighted by molar-refractivity contribution is 0.787. The number of hydrogen-bond acceptors (Lipinski definition) is 4. The van der Waals surface area contributed by atoms with Crippen LogP contribution in [-0.2, 0) is 6.54 Å². The largest absolute Gasteiger partial charge is 0.331 e. The minimum absolute atomic E-state index is 0.576. The average Bonchev–Trinajstić information content (AvgIpc) is 2.80. The minimum atomic E-state index is 0.576.